The van der Waals surface area contributed by atoms with E-state index >= 15 is 0 Å². The highest BCUT2D eigenvalue weighted by atomic mass is 127. The largest absolute Gasteiger partial charge is 0.381 e. The van der Waals surface area contributed by atoms with Crippen molar-refractivity contribution in [2.75, 3.05) is 46.6 Å². The Kier molecular flexibility index (Phi) is 13.5. The topological polar surface area (TPSA) is 54.9 Å². The molecular weight excluding hydrogens is 500 g/mol. The third-order valence-corrected chi connectivity index (χ3v) is 4.74. The van der Waals surface area contributed by atoms with Gasteiger partial charge in [0.2, 0.25) is 0 Å². The van der Waals surface area contributed by atoms with Crippen LogP contribution in [0.5, 0.6) is 0 Å². The molecule has 0 bridgehead atoms. The van der Waals surface area contributed by atoms with Crippen molar-refractivity contribution >= 4 is 53.1 Å². The van der Waals surface area contributed by atoms with Crippen molar-refractivity contribution in [2.24, 2.45) is 10.9 Å². The summed E-state index contributed by atoms with van der Waals surface area (Å²) in [6.07, 6.45) is 4.02. The second-order valence-electron chi connectivity index (χ2n) is 6.44. The molecule has 154 valence electrons. The van der Waals surface area contributed by atoms with Crippen molar-refractivity contribution in [1.29, 1.82) is 0 Å². The van der Waals surface area contributed by atoms with E-state index in [1.54, 1.807) is 13.1 Å². The molecule has 0 aromatic heterocycles. The number of halogens is 3. The summed E-state index contributed by atoms with van der Waals surface area (Å²) in [4.78, 5) is 4.23. The average Bonchev–Trinajstić information content (AvgIpc) is 2.63. The van der Waals surface area contributed by atoms with Crippen LogP contribution in [0.25, 0.3) is 0 Å². The average molecular weight is 530 g/mol. The lowest BCUT2D eigenvalue weighted by atomic mass is 10.0. The summed E-state index contributed by atoms with van der Waals surface area (Å²) < 4.78 is 11.1. The molecule has 0 atom stereocenters. The van der Waals surface area contributed by atoms with Crippen LogP contribution in [0.15, 0.2) is 23.2 Å². The summed E-state index contributed by atoms with van der Waals surface area (Å²) in [5.74, 6) is 1.45. The van der Waals surface area contributed by atoms with Gasteiger partial charge in [-0.1, -0.05) is 23.2 Å². The van der Waals surface area contributed by atoms with Crippen LogP contribution in [0.3, 0.4) is 0 Å². The minimum absolute atomic E-state index is 0. The highest BCUT2D eigenvalue weighted by molar-refractivity contribution is 14.0. The molecule has 1 saturated heterocycles. The van der Waals surface area contributed by atoms with Crippen molar-refractivity contribution in [3.8, 4) is 0 Å². The van der Waals surface area contributed by atoms with Crippen molar-refractivity contribution in [3.05, 3.63) is 33.8 Å². The molecule has 1 aliphatic heterocycles. The molecule has 0 saturated carbocycles. The summed E-state index contributed by atoms with van der Waals surface area (Å²) in [5.41, 5.74) is 1.10. The second-order valence-corrected chi connectivity index (χ2v) is 7.31. The predicted molar refractivity (Wildman–Crippen MR) is 124 cm³/mol. The number of ether oxygens (including phenoxy) is 2. The number of rotatable bonds is 9. The molecule has 0 radical (unpaired) electrons. The van der Waals surface area contributed by atoms with Crippen LogP contribution in [-0.2, 0) is 15.9 Å². The zero-order chi connectivity index (χ0) is 18.6. The highest BCUT2D eigenvalue weighted by Crippen LogP contribution is 2.19. The first kappa shape index (κ1) is 24.8. The van der Waals surface area contributed by atoms with Gasteiger partial charge in [0.15, 0.2) is 5.96 Å². The van der Waals surface area contributed by atoms with Gasteiger partial charge in [0, 0.05) is 56.6 Å². The van der Waals surface area contributed by atoms with Crippen molar-refractivity contribution in [1.82, 2.24) is 10.6 Å². The standard InChI is InChI=1S/C19H29Cl2N3O2.HI/c1-22-19(24-7-3-16-11-17(20)13-18(21)12-16)23-6-2-8-26-14-15-4-9-25-10-5-15;/h11-13,15H,2-10,14H2,1H3,(H2,22,23,24);1H. The van der Waals surface area contributed by atoms with E-state index < -0.39 is 0 Å². The Morgan fingerprint density at radius 1 is 1.15 bits per heavy atom. The predicted octanol–water partition coefficient (Wildman–Crippen LogP) is 4.15. The smallest absolute Gasteiger partial charge is 0.190 e. The molecule has 0 unspecified atom stereocenters. The number of nitrogens with zero attached hydrogens (tertiary/aromatic N) is 1. The summed E-state index contributed by atoms with van der Waals surface area (Å²) in [6, 6.07) is 5.60. The van der Waals surface area contributed by atoms with Gasteiger partial charge in [-0.2, -0.15) is 0 Å². The van der Waals surface area contributed by atoms with Gasteiger partial charge in [-0.3, -0.25) is 4.99 Å². The maximum atomic E-state index is 6.02. The van der Waals surface area contributed by atoms with E-state index in [0.29, 0.717) is 16.0 Å². The van der Waals surface area contributed by atoms with Crippen LogP contribution >= 0.6 is 47.2 Å². The summed E-state index contributed by atoms with van der Waals surface area (Å²) in [7, 11) is 1.77. The number of guanidine groups is 1. The molecule has 0 spiro atoms. The summed E-state index contributed by atoms with van der Waals surface area (Å²) >= 11 is 12.0. The molecule has 1 aromatic carbocycles. The van der Waals surface area contributed by atoms with Crippen LogP contribution < -0.4 is 10.6 Å². The van der Waals surface area contributed by atoms with Gasteiger partial charge in [-0.05, 0) is 55.4 Å². The van der Waals surface area contributed by atoms with Crippen LogP contribution in [-0.4, -0.2) is 52.5 Å². The van der Waals surface area contributed by atoms with Crippen LogP contribution in [0.1, 0.15) is 24.8 Å². The van der Waals surface area contributed by atoms with E-state index in [4.69, 9.17) is 32.7 Å². The number of hydrogen-bond acceptors (Lipinski definition) is 3. The maximum Gasteiger partial charge on any atom is 0.190 e. The Morgan fingerprint density at radius 3 is 2.48 bits per heavy atom. The second kappa shape index (κ2) is 14.7. The molecule has 8 heteroatoms. The lowest BCUT2D eigenvalue weighted by molar-refractivity contribution is 0.0203. The minimum atomic E-state index is 0. The Hall–Kier alpha value is -0.280. The van der Waals surface area contributed by atoms with E-state index in [1.165, 1.54) is 0 Å². The highest BCUT2D eigenvalue weighted by Gasteiger charge is 2.13. The van der Waals surface area contributed by atoms with Gasteiger partial charge < -0.3 is 20.1 Å². The van der Waals surface area contributed by atoms with Gasteiger partial charge >= 0.3 is 0 Å². The molecular formula is C19H30Cl2IN3O2. The van der Waals surface area contributed by atoms with Crippen molar-refractivity contribution < 1.29 is 9.47 Å². The first-order chi connectivity index (χ1) is 12.7. The molecule has 1 heterocycles. The monoisotopic (exact) mass is 529 g/mol. The zero-order valence-corrected chi connectivity index (χ0v) is 19.7. The number of nitrogens with one attached hydrogen (secondary N) is 2. The van der Waals surface area contributed by atoms with Gasteiger partial charge in [0.1, 0.15) is 0 Å². The molecule has 1 fully saturated rings. The summed E-state index contributed by atoms with van der Waals surface area (Å²) in [6.45, 7) is 4.95. The van der Waals surface area contributed by atoms with E-state index in [0.717, 1.165) is 76.7 Å². The van der Waals surface area contributed by atoms with Crippen molar-refractivity contribution in [2.45, 2.75) is 25.7 Å². The fraction of sp³-hybridized carbons (Fsp3) is 0.632. The van der Waals surface area contributed by atoms with Gasteiger partial charge in [-0.25, -0.2) is 0 Å². The van der Waals surface area contributed by atoms with Gasteiger partial charge in [-0.15, -0.1) is 24.0 Å². The van der Waals surface area contributed by atoms with Crippen LogP contribution in [0.2, 0.25) is 10.0 Å². The molecule has 1 aliphatic rings. The van der Waals surface area contributed by atoms with E-state index in [1.807, 2.05) is 12.1 Å². The number of benzene rings is 1. The van der Waals surface area contributed by atoms with Crippen LogP contribution in [0, 0.1) is 5.92 Å². The third-order valence-electron chi connectivity index (χ3n) is 4.30. The molecule has 0 amide bonds. The normalized spacial score (nSPS) is 15.3. The number of aliphatic imine (C=N–C) groups is 1. The molecule has 2 rings (SSSR count). The lowest BCUT2D eigenvalue weighted by Gasteiger charge is -2.21. The Bertz CT molecular complexity index is 550. The lowest BCUT2D eigenvalue weighted by Crippen LogP contribution is -2.39. The maximum absolute atomic E-state index is 6.02. The fourth-order valence-corrected chi connectivity index (χ4v) is 3.42. The minimum Gasteiger partial charge on any atom is -0.381 e. The molecule has 27 heavy (non-hydrogen) atoms. The Balaban J connectivity index is 0.00000364. The molecule has 2 N–H and O–H groups in total. The quantitative estimate of drug-likeness (QED) is 0.218. The first-order valence-electron chi connectivity index (χ1n) is 9.22. The SMILES string of the molecule is CN=C(NCCCOCC1CCOCC1)NCCc1cc(Cl)cc(Cl)c1.I. The van der Waals surface area contributed by atoms with Crippen LogP contribution in [0.4, 0.5) is 0 Å². The van der Waals surface area contributed by atoms with Gasteiger partial charge in [0.05, 0.1) is 0 Å². The van der Waals surface area contributed by atoms with E-state index in [9.17, 15) is 0 Å². The van der Waals surface area contributed by atoms with Gasteiger partial charge in [0.25, 0.3) is 0 Å². The number of hydrogen-bond donors (Lipinski definition) is 2. The molecule has 5 nitrogen and oxygen atoms in total. The van der Waals surface area contributed by atoms with Crippen molar-refractivity contribution in [3.63, 3.8) is 0 Å². The molecule has 1 aromatic rings. The van der Waals surface area contributed by atoms with E-state index in [2.05, 4.69) is 15.6 Å². The summed E-state index contributed by atoms with van der Waals surface area (Å²) in [5, 5.41) is 7.93. The van der Waals surface area contributed by atoms with E-state index in [-0.39, 0.29) is 24.0 Å². The zero-order valence-electron chi connectivity index (χ0n) is 15.8. The Labute approximate surface area is 189 Å². The third kappa shape index (κ3) is 10.7. The first-order valence-corrected chi connectivity index (χ1v) is 9.98. The Morgan fingerprint density at radius 2 is 1.81 bits per heavy atom. The fourth-order valence-electron chi connectivity index (χ4n) is 2.85. The molecule has 0 aliphatic carbocycles.